The van der Waals surface area contributed by atoms with Gasteiger partial charge in [-0.1, -0.05) is 26.0 Å². The van der Waals surface area contributed by atoms with Gasteiger partial charge >= 0.3 is 0 Å². The zero-order chi connectivity index (χ0) is 14.8. The third-order valence-corrected chi connectivity index (χ3v) is 3.15. The molecule has 0 aromatic heterocycles. The van der Waals surface area contributed by atoms with Gasteiger partial charge in [0.05, 0.1) is 0 Å². The van der Waals surface area contributed by atoms with Crippen LogP contribution in [-0.2, 0) is 0 Å². The van der Waals surface area contributed by atoms with Crippen molar-refractivity contribution in [1.82, 2.24) is 10.2 Å². The first-order chi connectivity index (χ1) is 9.67. The zero-order valence-corrected chi connectivity index (χ0v) is 12.3. The summed E-state index contributed by atoms with van der Waals surface area (Å²) in [6.45, 7) is 8.59. The summed E-state index contributed by atoms with van der Waals surface area (Å²) < 4.78 is 18.5. The molecule has 1 rings (SSSR count). The summed E-state index contributed by atoms with van der Waals surface area (Å²) in [6.07, 6.45) is -0.647. The van der Waals surface area contributed by atoms with Crippen molar-refractivity contribution in [2.24, 2.45) is 0 Å². The van der Waals surface area contributed by atoms with E-state index in [2.05, 4.69) is 24.1 Å². The second-order valence-electron chi connectivity index (χ2n) is 4.63. The molecule has 0 saturated carbocycles. The summed E-state index contributed by atoms with van der Waals surface area (Å²) >= 11 is 0. The van der Waals surface area contributed by atoms with Crippen molar-refractivity contribution in [3.63, 3.8) is 0 Å². The molecule has 0 fully saturated rings. The Bertz CT molecular complexity index is 373. The maximum atomic E-state index is 13.3. The van der Waals surface area contributed by atoms with Crippen LogP contribution in [0.1, 0.15) is 13.8 Å². The van der Waals surface area contributed by atoms with Gasteiger partial charge < -0.3 is 20.1 Å². The van der Waals surface area contributed by atoms with Crippen molar-refractivity contribution >= 4 is 0 Å². The van der Waals surface area contributed by atoms with Gasteiger partial charge in [-0.2, -0.15) is 0 Å². The molecule has 2 N–H and O–H groups in total. The zero-order valence-electron chi connectivity index (χ0n) is 12.3. The van der Waals surface area contributed by atoms with Gasteiger partial charge in [0.1, 0.15) is 12.7 Å². The Morgan fingerprint density at radius 3 is 2.65 bits per heavy atom. The fourth-order valence-electron chi connectivity index (χ4n) is 1.85. The Morgan fingerprint density at radius 1 is 1.30 bits per heavy atom. The molecule has 0 aliphatic carbocycles. The monoisotopic (exact) mass is 284 g/mol. The molecular weight excluding hydrogens is 259 g/mol. The van der Waals surface area contributed by atoms with E-state index in [-0.39, 0.29) is 12.4 Å². The first-order valence-electron chi connectivity index (χ1n) is 7.15. The van der Waals surface area contributed by atoms with Crippen LogP contribution in [0.25, 0.3) is 0 Å². The number of hydrogen-bond donors (Lipinski definition) is 2. The number of ether oxygens (including phenoxy) is 1. The van der Waals surface area contributed by atoms with Gasteiger partial charge in [0.15, 0.2) is 11.6 Å². The number of aliphatic hydroxyl groups is 1. The second kappa shape index (κ2) is 9.69. The van der Waals surface area contributed by atoms with Crippen molar-refractivity contribution in [2.75, 3.05) is 39.3 Å². The van der Waals surface area contributed by atoms with Crippen molar-refractivity contribution in [3.05, 3.63) is 30.1 Å². The minimum absolute atomic E-state index is 0.0825. The van der Waals surface area contributed by atoms with E-state index in [1.165, 1.54) is 6.07 Å². The van der Waals surface area contributed by atoms with Crippen LogP contribution in [0.4, 0.5) is 4.39 Å². The smallest absolute Gasteiger partial charge is 0.165 e. The first-order valence-corrected chi connectivity index (χ1v) is 7.15. The number of aliphatic hydroxyl groups excluding tert-OH is 1. The van der Waals surface area contributed by atoms with E-state index in [1.807, 2.05) is 0 Å². The number of nitrogens with one attached hydrogen (secondary N) is 1. The summed E-state index contributed by atoms with van der Waals surface area (Å²) in [4.78, 5) is 2.30. The Morgan fingerprint density at radius 2 is 2.00 bits per heavy atom. The van der Waals surface area contributed by atoms with Gasteiger partial charge in [-0.3, -0.25) is 0 Å². The number of hydrogen-bond acceptors (Lipinski definition) is 4. The molecule has 1 aromatic carbocycles. The molecule has 114 valence electrons. The third-order valence-electron chi connectivity index (χ3n) is 3.15. The van der Waals surface area contributed by atoms with Crippen LogP contribution in [0.3, 0.4) is 0 Å². The molecule has 0 saturated heterocycles. The molecule has 0 spiro atoms. The van der Waals surface area contributed by atoms with Gasteiger partial charge in [0.2, 0.25) is 0 Å². The number of para-hydroxylation sites is 1. The second-order valence-corrected chi connectivity index (χ2v) is 4.63. The molecule has 0 bridgehead atoms. The number of nitrogens with zero attached hydrogens (tertiary/aromatic N) is 1. The largest absolute Gasteiger partial charge is 0.488 e. The predicted molar refractivity (Wildman–Crippen MR) is 78.6 cm³/mol. The molecule has 0 aliphatic rings. The number of likely N-dealkylation sites (N-methyl/N-ethyl adjacent to an activating group) is 1. The van der Waals surface area contributed by atoms with Crippen LogP contribution in [-0.4, -0.2) is 55.4 Å². The van der Waals surface area contributed by atoms with Gasteiger partial charge in [0, 0.05) is 19.6 Å². The van der Waals surface area contributed by atoms with E-state index in [0.29, 0.717) is 6.54 Å². The minimum atomic E-state index is -0.647. The lowest BCUT2D eigenvalue weighted by Gasteiger charge is -2.19. The average Bonchev–Trinajstić information content (AvgIpc) is 2.46. The van der Waals surface area contributed by atoms with E-state index in [1.54, 1.807) is 18.2 Å². The number of halogens is 1. The van der Waals surface area contributed by atoms with Crippen molar-refractivity contribution < 1.29 is 14.2 Å². The maximum Gasteiger partial charge on any atom is 0.165 e. The van der Waals surface area contributed by atoms with Crippen molar-refractivity contribution in [3.8, 4) is 5.75 Å². The number of benzene rings is 1. The molecule has 4 nitrogen and oxygen atoms in total. The maximum absolute atomic E-state index is 13.3. The van der Waals surface area contributed by atoms with E-state index in [0.717, 1.165) is 26.2 Å². The highest BCUT2D eigenvalue weighted by Gasteiger charge is 2.07. The van der Waals surface area contributed by atoms with E-state index in [9.17, 15) is 9.50 Å². The van der Waals surface area contributed by atoms with Crippen LogP contribution >= 0.6 is 0 Å². The van der Waals surface area contributed by atoms with Crippen LogP contribution in [0.2, 0.25) is 0 Å². The molecule has 5 heteroatoms. The Hall–Kier alpha value is -1.17. The van der Waals surface area contributed by atoms with Gasteiger partial charge in [-0.15, -0.1) is 0 Å². The fraction of sp³-hybridized carbons (Fsp3) is 0.600. The standard InChI is InChI=1S/C15H25FN2O2/c1-3-18(4-2)10-9-17-11-13(19)12-20-15-8-6-5-7-14(15)16/h5-8,13,17,19H,3-4,9-12H2,1-2H3. The molecule has 1 aromatic rings. The first kappa shape index (κ1) is 16.9. The van der Waals surface area contributed by atoms with Gasteiger partial charge in [-0.05, 0) is 25.2 Å². The quantitative estimate of drug-likeness (QED) is 0.639. The molecule has 0 heterocycles. The van der Waals surface area contributed by atoms with Crippen LogP contribution < -0.4 is 10.1 Å². The third kappa shape index (κ3) is 6.32. The van der Waals surface area contributed by atoms with Crippen LogP contribution in [0.15, 0.2) is 24.3 Å². The number of rotatable bonds is 10. The van der Waals surface area contributed by atoms with Gasteiger partial charge in [0.25, 0.3) is 0 Å². The summed E-state index contributed by atoms with van der Waals surface area (Å²) in [7, 11) is 0. The van der Waals surface area contributed by atoms with Gasteiger partial charge in [-0.25, -0.2) is 4.39 Å². The predicted octanol–water partition coefficient (Wildman–Crippen LogP) is 1.50. The topological polar surface area (TPSA) is 44.7 Å². The van der Waals surface area contributed by atoms with E-state index < -0.39 is 11.9 Å². The summed E-state index contributed by atoms with van der Waals surface area (Å²) in [6, 6.07) is 6.19. The molecule has 1 unspecified atom stereocenters. The summed E-state index contributed by atoms with van der Waals surface area (Å²) in [5.41, 5.74) is 0. The normalized spacial score (nSPS) is 12.7. The highest BCUT2D eigenvalue weighted by molar-refractivity contribution is 5.23. The lowest BCUT2D eigenvalue weighted by Crippen LogP contribution is -2.37. The Balaban J connectivity index is 2.15. The summed E-state index contributed by atoms with van der Waals surface area (Å²) in [5, 5.41) is 12.9. The fourth-order valence-corrected chi connectivity index (χ4v) is 1.85. The molecular formula is C15H25FN2O2. The van der Waals surface area contributed by atoms with Crippen LogP contribution in [0.5, 0.6) is 5.75 Å². The minimum Gasteiger partial charge on any atom is -0.488 e. The van der Waals surface area contributed by atoms with Crippen molar-refractivity contribution in [1.29, 1.82) is 0 Å². The highest BCUT2D eigenvalue weighted by atomic mass is 19.1. The van der Waals surface area contributed by atoms with Crippen molar-refractivity contribution in [2.45, 2.75) is 20.0 Å². The molecule has 0 aliphatic heterocycles. The Labute approximate surface area is 120 Å². The van der Waals surface area contributed by atoms with E-state index in [4.69, 9.17) is 4.74 Å². The summed E-state index contributed by atoms with van der Waals surface area (Å²) in [5.74, 6) is -0.233. The molecule has 20 heavy (non-hydrogen) atoms. The molecule has 0 amide bonds. The van der Waals surface area contributed by atoms with E-state index >= 15 is 0 Å². The van der Waals surface area contributed by atoms with Crippen LogP contribution in [0, 0.1) is 5.82 Å². The molecule has 0 radical (unpaired) electrons. The SMILES string of the molecule is CCN(CC)CCNCC(O)COc1ccccc1F. The lowest BCUT2D eigenvalue weighted by atomic mass is 10.3. The average molecular weight is 284 g/mol. The highest BCUT2D eigenvalue weighted by Crippen LogP contribution is 2.15. The lowest BCUT2D eigenvalue weighted by molar-refractivity contribution is 0.103. The molecule has 1 atom stereocenters. The Kier molecular flexibility index (Phi) is 8.18.